The number of ether oxygens (including phenoxy) is 2. The predicted molar refractivity (Wildman–Crippen MR) is 125 cm³/mol. The Labute approximate surface area is 198 Å². The molecular formula is C24H32N2O6S. The molecule has 2 N–H and O–H groups in total. The van der Waals surface area contributed by atoms with Gasteiger partial charge in [0.05, 0.1) is 42.9 Å². The number of nitrogens with one attached hydrogen (secondary N) is 1. The average molecular weight is 477 g/mol. The van der Waals surface area contributed by atoms with Gasteiger partial charge in [-0.1, -0.05) is 13.8 Å². The molecule has 2 bridgehead atoms. The normalized spacial score (nSPS) is 33.1. The van der Waals surface area contributed by atoms with E-state index < -0.39 is 28.7 Å². The Morgan fingerprint density at radius 2 is 2.00 bits per heavy atom. The summed E-state index contributed by atoms with van der Waals surface area (Å²) in [4.78, 5) is 42.1. The summed E-state index contributed by atoms with van der Waals surface area (Å²) in [7, 11) is 1.57. The van der Waals surface area contributed by atoms with Crippen molar-refractivity contribution in [2.45, 2.75) is 55.7 Å². The third-order valence-electron chi connectivity index (χ3n) is 7.42. The van der Waals surface area contributed by atoms with Crippen molar-refractivity contribution in [3.8, 4) is 5.75 Å². The lowest BCUT2D eigenvalue weighted by Gasteiger charge is -2.39. The van der Waals surface area contributed by atoms with Crippen molar-refractivity contribution in [2.24, 2.45) is 17.8 Å². The molecule has 3 fully saturated rings. The molecule has 9 heteroatoms. The van der Waals surface area contributed by atoms with Crippen molar-refractivity contribution in [3.05, 3.63) is 24.3 Å². The van der Waals surface area contributed by atoms with Gasteiger partial charge in [-0.05, 0) is 49.9 Å². The fourth-order valence-corrected chi connectivity index (χ4v) is 8.35. The van der Waals surface area contributed by atoms with Gasteiger partial charge in [0.2, 0.25) is 11.8 Å². The van der Waals surface area contributed by atoms with Gasteiger partial charge in [0.15, 0.2) is 0 Å². The SMILES string of the molecule is CCOC(=O)[C@@H]1[C@@H]2CC(C)C3(S2)C(C(=O)Nc2ccc(OC)cc2)N([C@@H](CC)CO)C(=O)[C@H]13. The molecule has 7 atom stereocenters. The molecule has 3 saturated heterocycles. The van der Waals surface area contributed by atoms with Crippen LogP contribution in [0, 0.1) is 17.8 Å². The van der Waals surface area contributed by atoms with Crippen LogP contribution in [-0.4, -0.2) is 70.2 Å². The highest BCUT2D eigenvalue weighted by Crippen LogP contribution is 2.69. The lowest BCUT2D eigenvalue weighted by molar-refractivity contribution is -0.154. The molecule has 4 rings (SSSR count). The standard InChI is InChI=1S/C24H32N2O6S/c1-5-15(12-27)26-20(21(28)25-14-7-9-16(31-4)10-8-14)24-13(3)11-17(33-24)18(19(24)22(26)29)23(30)32-6-2/h7-10,13,15,17-20,27H,5-6,11-12H2,1-4H3,(H,25,28)/t13?,15-,17-,18+,19-,20?,24?/m0/s1. The lowest BCUT2D eigenvalue weighted by Crippen LogP contribution is -2.56. The second kappa shape index (κ2) is 9.18. The average Bonchev–Trinajstić information content (AvgIpc) is 3.39. The number of hydrogen-bond acceptors (Lipinski definition) is 7. The second-order valence-corrected chi connectivity index (χ2v) is 10.6. The van der Waals surface area contributed by atoms with Gasteiger partial charge in [0.1, 0.15) is 11.8 Å². The van der Waals surface area contributed by atoms with E-state index in [1.165, 1.54) is 0 Å². The van der Waals surface area contributed by atoms with Crippen LogP contribution in [-0.2, 0) is 19.1 Å². The smallest absolute Gasteiger partial charge is 0.310 e. The highest BCUT2D eigenvalue weighted by atomic mass is 32.2. The molecule has 1 aromatic carbocycles. The highest BCUT2D eigenvalue weighted by molar-refractivity contribution is 8.02. The summed E-state index contributed by atoms with van der Waals surface area (Å²) in [6.45, 7) is 5.70. The number of benzene rings is 1. The van der Waals surface area contributed by atoms with Crippen LogP contribution in [0.5, 0.6) is 5.75 Å². The molecule has 0 aliphatic carbocycles. The summed E-state index contributed by atoms with van der Waals surface area (Å²) in [5.74, 6) is -1.38. The van der Waals surface area contributed by atoms with E-state index in [0.29, 0.717) is 17.9 Å². The molecule has 1 spiro atoms. The first-order valence-electron chi connectivity index (χ1n) is 11.6. The van der Waals surface area contributed by atoms with Crippen molar-refractivity contribution in [1.29, 1.82) is 0 Å². The minimum absolute atomic E-state index is 0.0550. The Hall–Kier alpha value is -2.26. The minimum Gasteiger partial charge on any atom is -0.497 e. The molecule has 180 valence electrons. The van der Waals surface area contributed by atoms with Crippen LogP contribution in [0.15, 0.2) is 24.3 Å². The maximum atomic E-state index is 13.8. The van der Waals surface area contributed by atoms with Crippen LogP contribution >= 0.6 is 11.8 Å². The third-order valence-corrected chi connectivity index (χ3v) is 9.50. The van der Waals surface area contributed by atoms with Gasteiger partial charge in [-0.2, -0.15) is 0 Å². The zero-order chi connectivity index (χ0) is 23.9. The van der Waals surface area contributed by atoms with Gasteiger partial charge in [0.25, 0.3) is 0 Å². The first-order valence-corrected chi connectivity index (χ1v) is 12.4. The van der Waals surface area contributed by atoms with Crippen LogP contribution in [0.2, 0.25) is 0 Å². The molecule has 0 radical (unpaired) electrons. The number of aliphatic hydroxyl groups excluding tert-OH is 1. The molecule has 0 saturated carbocycles. The van der Waals surface area contributed by atoms with Gasteiger partial charge >= 0.3 is 5.97 Å². The summed E-state index contributed by atoms with van der Waals surface area (Å²) < 4.78 is 9.79. The molecule has 0 aromatic heterocycles. The topological polar surface area (TPSA) is 105 Å². The van der Waals surface area contributed by atoms with Crippen LogP contribution in [0.1, 0.15) is 33.6 Å². The zero-order valence-electron chi connectivity index (χ0n) is 19.4. The Bertz CT molecular complexity index is 920. The zero-order valence-corrected chi connectivity index (χ0v) is 20.3. The van der Waals surface area contributed by atoms with Gasteiger partial charge in [0, 0.05) is 10.9 Å². The summed E-state index contributed by atoms with van der Waals surface area (Å²) in [5.41, 5.74) is 0.595. The maximum Gasteiger partial charge on any atom is 0.310 e. The van der Waals surface area contributed by atoms with E-state index in [1.807, 2.05) is 6.92 Å². The number of aliphatic hydroxyl groups is 1. The van der Waals surface area contributed by atoms with E-state index in [1.54, 1.807) is 55.0 Å². The van der Waals surface area contributed by atoms with Crippen molar-refractivity contribution in [2.75, 3.05) is 25.6 Å². The van der Waals surface area contributed by atoms with Crippen molar-refractivity contribution < 1.29 is 29.0 Å². The van der Waals surface area contributed by atoms with E-state index in [2.05, 4.69) is 12.2 Å². The predicted octanol–water partition coefficient (Wildman–Crippen LogP) is 2.30. The van der Waals surface area contributed by atoms with Gasteiger partial charge in [-0.3, -0.25) is 14.4 Å². The summed E-state index contributed by atoms with van der Waals surface area (Å²) in [5, 5.41) is 13.0. The first-order chi connectivity index (χ1) is 15.8. The Morgan fingerprint density at radius 1 is 1.30 bits per heavy atom. The monoisotopic (exact) mass is 476 g/mol. The Kier molecular flexibility index (Phi) is 6.64. The van der Waals surface area contributed by atoms with Gasteiger partial charge in [-0.25, -0.2) is 0 Å². The number of thioether (sulfide) groups is 1. The number of rotatable bonds is 8. The number of fused-ring (bicyclic) bond motifs is 1. The number of carbonyl (C=O) groups excluding carboxylic acids is 3. The number of hydrogen-bond donors (Lipinski definition) is 2. The third kappa shape index (κ3) is 3.60. The highest BCUT2D eigenvalue weighted by Gasteiger charge is 2.76. The Morgan fingerprint density at radius 3 is 2.58 bits per heavy atom. The molecule has 8 nitrogen and oxygen atoms in total. The van der Waals surface area contributed by atoms with E-state index in [9.17, 15) is 19.5 Å². The summed E-state index contributed by atoms with van der Waals surface area (Å²) >= 11 is 1.59. The fourth-order valence-electron chi connectivity index (χ4n) is 5.96. The van der Waals surface area contributed by atoms with Crippen LogP contribution in [0.3, 0.4) is 0 Å². The number of nitrogens with zero attached hydrogens (tertiary/aromatic N) is 1. The Balaban J connectivity index is 1.74. The summed E-state index contributed by atoms with van der Waals surface area (Å²) in [6, 6.07) is 5.72. The van der Waals surface area contributed by atoms with E-state index in [4.69, 9.17) is 9.47 Å². The number of esters is 1. The number of anilines is 1. The van der Waals surface area contributed by atoms with Crippen molar-refractivity contribution in [1.82, 2.24) is 4.90 Å². The van der Waals surface area contributed by atoms with Crippen LogP contribution in [0.4, 0.5) is 5.69 Å². The molecule has 3 unspecified atom stereocenters. The van der Waals surface area contributed by atoms with Gasteiger partial charge in [-0.15, -0.1) is 11.8 Å². The number of likely N-dealkylation sites (tertiary alicyclic amines) is 1. The molecule has 3 heterocycles. The molecule has 1 aromatic rings. The molecule has 3 aliphatic heterocycles. The molecule has 3 aliphatic rings. The largest absolute Gasteiger partial charge is 0.497 e. The van der Waals surface area contributed by atoms with E-state index in [-0.39, 0.29) is 42.2 Å². The van der Waals surface area contributed by atoms with Crippen molar-refractivity contribution >= 4 is 35.2 Å². The summed E-state index contributed by atoms with van der Waals surface area (Å²) in [6.07, 6.45) is 1.25. The molecule has 2 amide bonds. The minimum atomic E-state index is -0.793. The number of carbonyl (C=O) groups is 3. The van der Waals surface area contributed by atoms with Crippen LogP contribution < -0.4 is 10.1 Å². The first kappa shape index (κ1) is 23.9. The fraction of sp³-hybridized carbons (Fsp3) is 0.625. The quantitative estimate of drug-likeness (QED) is 0.555. The maximum absolute atomic E-state index is 13.8. The molecular weight excluding hydrogens is 444 g/mol. The van der Waals surface area contributed by atoms with Crippen LogP contribution in [0.25, 0.3) is 0 Å². The lowest BCUT2D eigenvalue weighted by atomic mass is 9.66. The second-order valence-electron chi connectivity index (χ2n) is 9.01. The van der Waals surface area contributed by atoms with Gasteiger partial charge < -0.3 is 24.8 Å². The molecule has 33 heavy (non-hydrogen) atoms. The number of amides is 2. The van der Waals surface area contributed by atoms with E-state index in [0.717, 1.165) is 6.42 Å². The van der Waals surface area contributed by atoms with Crippen molar-refractivity contribution in [3.63, 3.8) is 0 Å². The van der Waals surface area contributed by atoms with E-state index >= 15 is 0 Å². The number of methoxy groups -OCH3 is 1.